The van der Waals surface area contributed by atoms with Gasteiger partial charge in [0.25, 0.3) is 0 Å². The van der Waals surface area contributed by atoms with Gasteiger partial charge in [0.15, 0.2) is 0 Å². The first-order chi connectivity index (χ1) is 25.4. The first-order valence-corrected chi connectivity index (χ1v) is 22.5. The summed E-state index contributed by atoms with van der Waals surface area (Å²) in [7, 11) is 0. The number of nitrogens with zero attached hydrogens (tertiary/aromatic N) is 1. The molecule has 0 aromatic rings. The molecule has 0 aromatic carbocycles. The maximum absolute atomic E-state index is 6.19. The third kappa shape index (κ3) is 36.9. The van der Waals surface area contributed by atoms with Gasteiger partial charge in [-0.1, -0.05) is 140 Å². The van der Waals surface area contributed by atoms with E-state index >= 15 is 0 Å². The number of rotatable bonds is 40. The van der Waals surface area contributed by atoms with Crippen LogP contribution >= 0.6 is 0 Å². The fraction of sp³-hybridized carbons (Fsp3) is 0.830. The number of unbranched alkanes of at least 4 members (excludes halogenated alkanes) is 18. The Balaban J connectivity index is 2.05. The molecule has 0 spiro atoms. The Morgan fingerprint density at radius 2 is 0.902 bits per heavy atom. The Kier molecular flexibility index (Phi) is 39.0. The minimum Gasteiger partial charge on any atom is -0.381 e. The molecule has 0 saturated carbocycles. The molecule has 1 heterocycles. The number of allylic oxidation sites excluding steroid dienone is 8. The molecule has 1 saturated heterocycles. The average Bonchev–Trinajstić information content (AvgIpc) is 3.67. The van der Waals surface area contributed by atoms with Crippen LogP contribution in [-0.2, 0) is 9.47 Å². The summed E-state index contributed by atoms with van der Waals surface area (Å²) in [6.45, 7) is 13.9. The van der Waals surface area contributed by atoms with Crippen molar-refractivity contribution in [1.82, 2.24) is 10.2 Å². The molecule has 298 valence electrons. The topological polar surface area (TPSA) is 33.7 Å². The van der Waals surface area contributed by atoms with E-state index < -0.39 is 0 Å². The van der Waals surface area contributed by atoms with Crippen LogP contribution in [0, 0.1) is 5.92 Å². The molecule has 0 amide bonds. The second-order valence-corrected chi connectivity index (χ2v) is 15.3. The molecule has 51 heavy (non-hydrogen) atoms. The van der Waals surface area contributed by atoms with Crippen molar-refractivity contribution in [2.45, 2.75) is 187 Å². The number of nitrogens with one attached hydrogen (secondary N) is 1. The molecule has 1 fully saturated rings. The van der Waals surface area contributed by atoms with Crippen LogP contribution in [0.25, 0.3) is 0 Å². The van der Waals surface area contributed by atoms with Crippen LogP contribution in [0.3, 0.4) is 0 Å². The van der Waals surface area contributed by atoms with Gasteiger partial charge >= 0.3 is 0 Å². The molecule has 1 rings (SSSR count). The van der Waals surface area contributed by atoms with Gasteiger partial charge in [0.1, 0.15) is 0 Å². The van der Waals surface area contributed by atoms with E-state index in [0.717, 1.165) is 52.4 Å². The summed E-state index contributed by atoms with van der Waals surface area (Å²) in [6, 6.07) is 0. The van der Waals surface area contributed by atoms with Crippen LogP contribution in [0.15, 0.2) is 48.6 Å². The summed E-state index contributed by atoms with van der Waals surface area (Å²) in [4.78, 5) is 2.62. The van der Waals surface area contributed by atoms with Crippen molar-refractivity contribution < 1.29 is 9.47 Å². The molecule has 0 aromatic heterocycles. The minimum atomic E-state index is 0.450. The molecule has 1 aliphatic heterocycles. The van der Waals surface area contributed by atoms with Gasteiger partial charge < -0.3 is 19.7 Å². The Morgan fingerprint density at radius 3 is 1.35 bits per heavy atom. The van der Waals surface area contributed by atoms with Crippen LogP contribution in [0.4, 0.5) is 0 Å². The van der Waals surface area contributed by atoms with Gasteiger partial charge in [0.05, 0.1) is 13.2 Å². The summed E-state index contributed by atoms with van der Waals surface area (Å²) in [5.74, 6) is 0.450. The van der Waals surface area contributed by atoms with Crippen molar-refractivity contribution in [3.8, 4) is 0 Å². The molecular formula is C47H88N2O2. The van der Waals surface area contributed by atoms with E-state index in [9.17, 15) is 0 Å². The Morgan fingerprint density at radius 1 is 0.490 bits per heavy atom. The monoisotopic (exact) mass is 713 g/mol. The Labute approximate surface area is 319 Å². The van der Waals surface area contributed by atoms with Crippen LogP contribution < -0.4 is 5.32 Å². The van der Waals surface area contributed by atoms with Crippen LogP contribution in [0.1, 0.15) is 187 Å². The zero-order valence-corrected chi connectivity index (χ0v) is 34.4. The fourth-order valence-corrected chi connectivity index (χ4v) is 6.79. The van der Waals surface area contributed by atoms with E-state index in [0.29, 0.717) is 5.92 Å². The molecule has 4 nitrogen and oxygen atoms in total. The maximum atomic E-state index is 6.19. The van der Waals surface area contributed by atoms with Crippen molar-refractivity contribution in [3.63, 3.8) is 0 Å². The molecule has 0 bridgehead atoms. The van der Waals surface area contributed by atoms with Gasteiger partial charge in [0.2, 0.25) is 0 Å². The number of hydrogen-bond donors (Lipinski definition) is 1. The third-order valence-corrected chi connectivity index (χ3v) is 10.1. The molecule has 1 aliphatic rings. The zero-order valence-electron chi connectivity index (χ0n) is 34.4. The van der Waals surface area contributed by atoms with Gasteiger partial charge in [-0.3, -0.25) is 0 Å². The summed E-state index contributed by atoms with van der Waals surface area (Å²) < 4.78 is 12.4. The zero-order chi connectivity index (χ0) is 36.4. The fourth-order valence-electron chi connectivity index (χ4n) is 6.79. The molecule has 4 heteroatoms. The Hall–Kier alpha value is -1.20. The first-order valence-electron chi connectivity index (χ1n) is 22.5. The van der Waals surface area contributed by atoms with Crippen LogP contribution in [-0.4, -0.2) is 64.1 Å². The lowest BCUT2D eigenvalue weighted by molar-refractivity contribution is 0.0368. The van der Waals surface area contributed by atoms with E-state index in [1.165, 1.54) is 180 Å². The van der Waals surface area contributed by atoms with E-state index in [1.54, 1.807) is 0 Å². The van der Waals surface area contributed by atoms with Crippen LogP contribution in [0.2, 0.25) is 0 Å². The highest BCUT2D eigenvalue weighted by atomic mass is 16.5. The maximum Gasteiger partial charge on any atom is 0.0528 e. The Bertz CT molecular complexity index is 733. The number of likely N-dealkylation sites (tertiary alicyclic amines) is 1. The lowest BCUT2D eigenvalue weighted by Gasteiger charge is -2.19. The normalized spacial score (nSPS) is 14.9. The van der Waals surface area contributed by atoms with Crippen LogP contribution in [0.5, 0.6) is 0 Å². The molecule has 0 radical (unpaired) electrons. The van der Waals surface area contributed by atoms with Gasteiger partial charge in [-0.05, 0) is 122 Å². The van der Waals surface area contributed by atoms with E-state index in [2.05, 4.69) is 72.7 Å². The lowest BCUT2D eigenvalue weighted by Crippen LogP contribution is -2.32. The van der Waals surface area contributed by atoms with Crippen molar-refractivity contribution in [1.29, 1.82) is 0 Å². The standard InChI is InChI=1S/C47H88N2O2/c1-3-5-7-9-11-13-15-17-19-21-23-25-27-29-31-35-42-50-45-47(44-48-38-37-41-49-39-33-34-40-49)46-51-43-36-32-30-28-26-24-22-20-18-16-14-12-10-8-6-4-2/h11-14,17-20,47-48H,3-10,15-16,21-46H2,1-2H3/b13-11-,14-12+,19-17-,20-18+. The molecule has 1 N–H and O–H groups in total. The quantitative estimate of drug-likeness (QED) is 0.0506. The predicted molar refractivity (Wildman–Crippen MR) is 227 cm³/mol. The van der Waals surface area contributed by atoms with Crippen molar-refractivity contribution in [3.05, 3.63) is 48.6 Å². The highest BCUT2D eigenvalue weighted by Crippen LogP contribution is 2.11. The van der Waals surface area contributed by atoms with Gasteiger partial charge in [-0.2, -0.15) is 0 Å². The van der Waals surface area contributed by atoms with Gasteiger partial charge in [-0.15, -0.1) is 0 Å². The van der Waals surface area contributed by atoms with Gasteiger partial charge in [0, 0.05) is 25.7 Å². The summed E-state index contributed by atoms with van der Waals surface area (Å²) >= 11 is 0. The van der Waals surface area contributed by atoms with Crippen molar-refractivity contribution >= 4 is 0 Å². The highest BCUT2D eigenvalue weighted by Gasteiger charge is 2.12. The van der Waals surface area contributed by atoms with Gasteiger partial charge in [-0.25, -0.2) is 0 Å². The average molecular weight is 713 g/mol. The summed E-state index contributed by atoms with van der Waals surface area (Å²) in [5, 5.41) is 3.72. The number of ether oxygens (including phenoxy) is 2. The van der Waals surface area contributed by atoms with E-state index in [4.69, 9.17) is 9.47 Å². The molecular weight excluding hydrogens is 625 g/mol. The molecule has 1 unspecified atom stereocenters. The first kappa shape index (κ1) is 47.8. The second kappa shape index (κ2) is 41.6. The van der Waals surface area contributed by atoms with Crippen molar-refractivity contribution in [2.24, 2.45) is 5.92 Å². The summed E-state index contributed by atoms with van der Waals surface area (Å²) in [5.41, 5.74) is 0. The minimum absolute atomic E-state index is 0.450. The third-order valence-electron chi connectivity index (χ3n) is 10.1. The highest BCUT2D eigenvalue weighted by molar-refractivity contribution is 4.93. The number of hydrogen-bond acceptors (Lipinski definition) is 4. The predicted octanol–water partition coefficient (Wildman–Crippen LogP) is 13.3. The van der Waals surface area contributed by atoms with E-state index in [-0.39, 0.29) is 0 Å². The second-order valence-electron chi connectivity index (χ2n) is 15.3. The van der Waals surface area contributed by atoms with E-state index in [1.807, 2.05) is 0 Å². The molecule has 1 atom stereocenters. The molecule has 0 aliphatic carbocycles. The lowest BCUT2D eigenvalue weighted by atomic mass is 10.1. The summed E-state index contributed by atoms with van der Waals surface area (Å²) in [6.07, 6.45) is 53.7. The van der Waals surface area contributed by atoms with Crippen molar-refractivity contribution in [2.75, 3.05) is 59.2 Å². The largest absolute Gasteiger partial charge is 0.381 e. The SMILES string of the molecule is CCCCC/C=C\C/C=C\CCCCCCCCOCC(CNCCCN1CCCC1)COCCCCCCCC/C=C/C/C=C/CCCCC. The smallest absolute Gasteiger partial charge is 0.0528 e.